The Morgan fingerprint density at radius 2 is 2.00 bits per heavy atom. The molecule has 1 rings (SSSR count). The first kappa shape index (κ1) is 18.0. The third-order valence-electron chi connectivity index (χ3n) is 2.47. The third kappa shape index (κ3) is 6.63. The van der Waals surface area contributed by atoms with Crippen molar-refractivity contribution in [2.24, 2.45) is 0 Å². The Labute approximate surface area is 125 Å². The highest BCUT2D eigenvalue weighted by atomic mass is 16.6. The fourth-order valence-corrected chi connectivity index (χ4v) is 1.36. The maximum Gasteiger partial charge on any atom is 0.338 e. The van der Waals surface area contributed by atoms with E-state index in [9.17, 15) is 19.5 Å². The van der Waals surface area contributed by atoms with E-state index in [4.69, 9.17) is 14.6 Å². The van der Waals surface area contributed by atoms with Crippen molar-refractivity contribution in [1.29, 1.82) is 0 Å². The van der Waals surface area contributed by atoms with Gasteiger partial charge >= 0.3 is 17.9 Å². The van der Waals surface area contributed by atoms with E-state index < -0.39 is 43.1 Å². The minimum atomic E-state index is -1.66. The number of carbonyl (C=O) groups is 3. The number of aliphatic hydroxyl groups is 2. The van der Waals surface area contributed by atoms with Crippen LogP contribution in [0.4, 0.5) is 0 Å². The number of rotatable bonds is 7. The maximum absolute atomic E-state index is 11.4. The zero-order valence-electron chi connectivity index (χ0n) is 11.8. The summed E-state index contributed by atoms with van der Waals surface area (Å²) in [6.07, 6.45) is -1.14. The second-order valence-electron chi connectivity index (χ2n) is 4.18. The molecule has 0 saturated carbocycles. The highest BCUT2D eigenvalue weighted by molar-refractivity contribution is 5.91. The van der Waals surface area contributed by atoms with Gasteiger partial charge in [0.2, 0.25) is 6.41 Å². The van der Waals surface area contributed by atoms with E-state index in [0.717, 1.165) is 19.3 Å². The molecule has 0 aromatic heterocycles. The average Bonchev–Trinajstić information content (AvgIpc) is 2.93. The number of hydrogen-bond acceptors (Lipinski definition) is 10. The van der Waals surface area contributed by atoms with E-state index in [0.29, 0.717) is 0 Å². The molecule has 3 atom stereocenters. The molecular weight excluding hydrogens is 302 g/mol. The zero-order valence-corrected chi connectivity index (χ0v) is 11.8. The Bertz CT molecular complexity index is 436. The van der Waals surface area contributed by atoms with Crippen LogP contribution < -0.4 is 5.32 Å². The van der Waals surface area contributed by atoms with E-state index in [1.165, 1.54) is 0 Å². The molecule has 1 aliphatic rings. The van der Waals surface area contributed by atoms with Gasteiger partial charge in [-0.2, -0.15) is 0 Å². The third-order valence-corrected chi connectivity index (χ3v) is 2.47. The molecular formula is C12H17NO9. The second kappa shape index (κ2) is 9.10. The molecule has 1 heterocycles. The van der Waals surface area contributed by atoms with Gasteiger partial charge in [0.05, 0.1) is 19.8 Å². The van der Waals surface area contributed by atoms with Crippen LogP contribution in [0.25, 0.3) is 0 Å². The quantitative estimate of drug-likeness (QED) is 0.260. The van der Waals surface area contributed by atoms with Crippen molar-refractivity contribution in [1.82, 2.24) is 5.32 Å². The SMILES string of the molecule is COC(=O)/C=C/C(=O)OCC(O)C(=O)OCC1COC(O)N1. The van der Waals surface area contributed by atoms with Crippen LogP contribution in [0.2, 0.25) is 0 Å². The number of carbonyl (C=O) groups excluding carboxylic acids is 3. The average molecular weight is 319 g/mol. The van der Waals surface area contributed by atoms with Crippen molar-refractivity contribution in [2.75, 3.05) is 26.9 Å². The smallest absolute Gasteiger partial charge is 0.338 e. The Morgan fingerprint density at radius 1 is 1.32 bits per heavy atom. The fraction of sp³-hybridized carbons (Fsp3) is 0.583. The largest absolute Gasteiger partial charge is 0.466 e. The molecule has 0 aromatic rings. The number of esters is 3. The molecule has 1 fully saturated rings. The number of hydrogen-bond donors (Lipinski definition) is 3. The van der Waals surface area contributed by atoms with Crippen LogP contribution in [0.3, 0.4) is 0 Å². The highest BCUT2D eigenvalue weighted by Crippen LogP contribution is 2.02. The summed E-state index contributed by atoms with van der Waals surface area (Å²) in [4.78, 5) is 33.3. The zero-order chi connectivity index (χ0) is 16.5. The van der Waals surface area contributed by atoms with Crippen molar-refractivity contribution in [2.45, 2.75) is 18.6 Å². The normalized spacial score (nSPS) is 22.3. The van der Waals surface area contributed by atoms with Crippen molar-refractivity contribution in [3.05, 3.63) is 12.2 Å². The summed E-state index contributed by atoms with van der Waals surface area (Å²) in [6, 6.07) is -0.392. The van der Waals surface area contributed by atoms with Gasteiger partial charge in [0, 0.05) is 12.2 Å². The van der Waals surface area contributed by atoms with Crippen molar-refractivity contribution >= 4 is 17.9 Å². The fourth-order valence-electron chi connectivity index (χ4n) is 1.36. The molecule has 0 aromatic carbocycles. The topological polar surface area (TPSA) is 141 Å². The number of methoxy groups -OCH3 is 1. The Kier molecular flexibility index (Phi) is 7.46. The Morgan fingerprint density at radius 3 is 2.59 bits per heavy atom. The lowest BCUT2D eigenvalue weighted by molar-refractivity contribution is -0.160. The molecule has 0 amide bonds. The number of nitrogens with one attached hydrogen (secondary N) is 1. The molecule has 124 valence electrons. The van der Waals surface area contributed by atoms with Gasteiger partial charge < -0.3 is 29.2 Å². The van der Waals surface area contributed by atoms with Gasteiger partial charge in [-0.05, 0) is 0 Å². The van der Waals surface area contributed by atoms with Crippen LogP contribution in [0, 0.1) is 0 Å². The van der Waals surface area contributed by atoms with E-state index in [1.807, 2.05) is 0 Å². The van der Waals surface area contributed by atoms with Crippen molar-refractivity contribution < 1.29 is 43.5 Å². The molecule has 1 saturated heterocycles. The molecule has 0 aliphatic carbocycles. The summed E-state index contributed by atoms with van der Waals surface area (Å²) in [5.41, 5.74) is 0. The molecule has 1 aliphatic heterocycles. The molecule has 10 nitrogen and oxygen atoms in total. The standard InChI is InChI=1S/C12H17NO9/c1-19-9(15)2-3-10(16)20-6-8(14)11(17)21-4-7-5-22-12(18)13-7/h2-3,7-8,12-14,18H,4-6H2,1H3/b3-2+. The van der Waals surface area contributed by atoms with Crippen LogP contribution in [-0.4, -0.2) is 73.6 Å². The van der Waals surface area contributed by atoms with E-state index in [-0.39, 0.29) is 13.2 Å². The van der Waals surface area contributed by atoms with Crippen molar-refractivity contribution in [3.63, 3.8) is 0 Å². The second-order valence-corrected chi connectivity index (χ2v) is 4.18. The maximum atomic E-state index is 11.4. The van der Waals surface area contributed by atoms with Gasteiger partial charge in [0.25, 0.3) is 0 Å². The van der Waals surface area contributed by atoms with Crippen LogP contribution in [0.1, 0.15) is 0 Å². The first-order chi connectivity index (χ1) is 10.4. The molecule has 10 heteroatoms. The summed E-state index contributed by atoms with van der Waals surface area (Å²) in [6.45, 7) is -0.596. The highest BCUT2D eigenvalue weighted by Gasteiger charge is 2.25. The molecule has 0 radical (unpaired) electrons. The van der Waals surface area contributed by atoms with Crippen molar-refractivity contribution in [3.8, 4) is 0 Å². The summed E-state index contributed by atoms with van der Waals surface area (Å²) in [5, 5.41) is 21.0. The molecule has 0 bridgehead atoms. The summed E-state index contributed by atoms with van der Waals surface area (Å²) < 4.78 is 18.3. The van der Waals surface area contributed by atoms with Gasteiger partial charge in [-0.25, -0.2) is 14.4 Å². The molecule has 22 heavy (non-hydrogen) atoms. The first-order valence-corrected chi connectivity index (χ1v) is 6.25. The minimum absolute atomic E-state index is 0.122. The Balaban J connectivity index is 2.22. The number of ether oxygens (including phenoxy) is 4. The van der Waals surface area contributed by atoms with E-state index in [1.54, 1.807) is 0 Å². The predicted octanol–water partition coefficient (Wildman–Crippen LogP) is -2.57. The number of aliphatic hydroxyl groups excluding tert-OH is 2. The molecule has 3 N–H and O–H groups in total. The minimum Gasteiger partial charge on any atom is -0.466 e. The predicted molar refractivity (Wildman–Crippen MR) is 68.0 cm³/mol. The monoisotopic (exact) mass is 319 g/mol. The summed E-state index contributed by atoms with van der Waals surface area (Å²) >= 11 is 0. The lowest BCUT2D eigenvalue weighted by atomic mass is 10.3. The van der Waals surface area contributed by atoms with Crippen LogP contribution in [0.5, 0.6) is 0 Å². The Hall–Kier alpha value is -2.01. The van der Waals surface area contributed by atoms with Crippen LogP contribution in [0.15, 0.2) is 12.2 Å². The van der Waals surface area contributed by atoms with Gasteiger partial charge in [0.1, 0.15) is 13.2 Å². The summed E-state index contributed by atoms with van der Waals surface area (Å²) in [5.74, 6) is -2.66. The van der Waals surface area contributed by atoms with Gasteiger partial charge in [-0.1, -0.05) is 0 Å². The molecule has 3 unspecified atom stereocenters. The van der Waals surface area contributed by atoms with Gasteiger partial charge in [-0.15, -0.1) is 0 Å². The van der Waals surface area contributed by atoms with Crippen LogP contribution >= 0.6 is 0 Å². The van der Waals surface area contributed by atoms with E-state index >= 15 is 0 Å². The first-order valence-electron chi connectivity index (χ1n) is 6.25. The summed E-state index contributed by atoms with van der Waals surface area (Å²) in [7, 11) is 1.14. The van der Waals surface area contributed by atoms with Gasteiger partial charge in [0.15, 0.2) is 6.10 Å². The molecule has 0 spiro atoms. The van der Waals surface area contributed by atoms with E-state index in [2.05, 4.69) is 14.8 Å². The van der Waals surface area contributed by atoms with Gasteiger partial charge in [-0.3, -0.25) is 5.32 Å². The lowest BCUT2D eigenvalue weighted by Crippen LogP contribution is -2.37. The lowest BCUT2D eigenvalue weighted by Gasteiger charge is -2.13. The van der Waals surface area contributed by atoms with Crippen LogP contribution in [-0.2, 0) is 33.3 Å².